The lowest BCUT2D eigenvalue weighted by atomic mass is 10.1. The van der Waals surface area contributed by atoms with Crippen LogP contribution in [0.25, 0.3) is 0 Å². The summed E-state index contributed by atoms with van der Waals surface area (Å²) in [5, 5.41) is 0. The molecule has 3 nitrogen and oxygen atoms in total. The summed E-state index contributed by atoms with van der Waals surface area (Å²) in [4.78, 5) is 24.1. The standard InChI is InChI=1S/C8H9NO2/c1-5-7(6(2)10)3-4-8(11)9-5/h3-4H,1-2H3,(H,9,11). The maximum absolute atomic E-state index is 10.9. The molecule has 0 spiro atoms. The van der Waals surface area contributed by atoms with E-state index in [-0.39, 0.29) is 11.3 Å². The van der Waals surface area contributed by atoms with Crippen LogP contribution in [0.15, 0.2) is 16.9 Å². The predicted molar refractivity (Wildman–Crippen MR) is 41.8 cm³/mol. The van der Waals surface area contributed by atoms with Gasteiger partial charge in [-0.05, 0) is 19.9 Å². The number of Topliss-reactive ketones (excluding diaryl/α,β-unsaturated/α-hetero) is 1. The fourth-order valence-corrected chi connectivity index (χ4v) is 0.959. The first-order valence-electron chi connectivity index (χ1n) is 3.32. The highest BCUT2D eigenvalue weighted by atomic mass is 16.1. The Balaban J connectivity index is 3.31. The predicted octanol–water partition coefficient (Wildman–Crippen LogP) is 0.886. The number of pyridine rings is 1. The fraction of sp³-hybridized carbons (Fsp3) is 0.250. The van der Waals surface area contributed by atoms with E-state index in [0.717, 1.165) is 0 Å². The molecule has 0 radical (unpaired) electrons. The van der Waals surface area contributed by atoms with E-state index < -0.39 is 0 Å². The van der Waals surface area contributed by atoms with Gasteiger partial charge in [0, 0.05) is 17.3 Å². The lowest BCUT2D eigenvalue weighted by molar-refractivity contribution is 0.101. The number of ketones is 1. The van der Waals surface area contributed by atoms with Crippen LogP contribution in [-0.4, -0.2) is 10.8 Å². The summed E-state index contributed by atoms with van der Waals surface area (Å²) < 4.78 is 0. The number of H-pyrrole nitrogens is 1. The number of rotatable bonds is 1. The van der Waals surface area contributed by atoms with Crippen molar-refractivity contribution in [1.29, 1.82) is 0 Å². The SMILES string of the molecule is CC(=O)c1ccc(=O)[nH]c1C. The van der Waals surface area contributed by atoms with Gasteiger partial charge in [-0.1, -0.05) is 0 Å². The number of carbonyl (C=O) groups is 1. The molecule has 0 amide bonds. The average Bonchev–Trinajstić information content (AvgIpc) is 1.85. The van der Waals surface area contributed by atoms with E-state index in [2.05, 4.69) is 4.98 Å². The number of carbonyl (C=O) groups excluding carboxylic acids is 1. The van der Waals surface area contributed by atoms with E-state index in [4.69, 9.17) is 0 Å². The van der Waals surface area contributed by atoms with Crippen molar-refractivity contribution in [1.82, 2.24) is 4.98 Å². The molecule has 1 aromatic heterocycles. The zero-order valence-electron chi connectivity index (χ0n) is 6.47. The van der Waals surface area contributed by atoms with Crippen LogP contribution in [0.4, 0.5) is 0 Å². The zero-order chi connectivity index (χ0) is 8.43. The number of hydrogen-bond donors (Lipinski definition) is 1. The topological polar surface area (TPSA) is 49.9 Å². The number of aryl methyl sites for hydroxylation is 1. The van der Waals surface area contributed by atoms with Gasteiger partial charge in [-0.2, -0.15) is 0 Å². The van der Waals surface area contributed by atoms with Crippen LogP contribution in [0.3, 0.4) is 0 Å². The Morgan fingerprint density at radius 2 is 2.09 bits per heavy atom. The lowest BCUT2D eigenvalue weighted by Crippen LogP contribution is -2.09. The maximum Gasteiger partial charge on any atom is 0.248 e. The molecule has 0 fully saturated rings. The zero-order valence-corrected chi connectivity index (χ0v) is 6.47. The number of hydrogen-bond acceptors (Lipinski definition) is 2. The molecule has 0 bridgehead atoms. The van der Waals surface area contributed by atoms with Gasteiger partial charge in [-0.3, -0.25) is 9.59 Å². The summed E-state index contributed by atoms with van der Waals surface area (Å²) in [5.74, 6) is -0.0289. The molecule has 1 rings (SSSR count). The van der Waals surface area contributed by atoms with Crippen molar-refractivity contribution in [3.63, 3.8) is 0 Å². The second-order valence-electron chi connectivity index (χ2n) is 2.42. The quantitative estimate of drug-likeness (QED) is 0.606. The molecule has 0 unspecified atom stereocenters. The summed E-state index contributed by atoms with van der Waals surface area (Å²) >= 11 is 0. The van der Waals surface area contributed by atoms with Crippen molar-refractivity contribution in [2.24, 2.45) is 0 Å². The van der Waals surface area contributed by atoms with Crippen LogP contribution in [0.2, 0.25) is 0 Å². The largest absolute Gasteiger partial charge is 0.326 e. The number of nitrogens with one attached hydrogen (secondary N) is 1. The molecule has 1 heterocycles. The molecule has 1 aromatic rings. The fourth-order valence-electron chi connectivity index (χ4n) is 0.959. The van der Waals surface area contributed by atoms with Gasteiger partial charge in [0.15, 0.2) is 5.78 Å². The van der Waals surface area contributed by atoms with Crippen molar-refractivity contribution < 1.29 is 4.79 Å². The maximum atomic E-state index is 10.9. The van der Waals surface area contributed by atoms with E-state index in [9.17, 15) is 9.59 Å². The van der Waals surface area contributed by atoms with Gasteiger partial charge in [0.1, 0.15) is 0 Å². The first kappa shape index (κ1) is 7.72. The van der Waals surface area contributed by atoms with E-state index >= 15 is 0 Å². The van der Waals surface area contributed by atoms with E-state index in [1.807, 2.05) is 0 Å². The summed E-state index contributed by atoms with van der Waals surface area (Å²) in [6.45, 7) is 3.18. The molecule has 0 atom stereocenters. The van der Waals surface area contributed by atoms with Crippen molar-refractivity contribution in [3.8, 4) is 0 Å². The normalized spacial score (nSPS) is 9.64. The van der Waals surface area contributed by atoms with Crippen LogP contribution in [-0.2, 0) is 0 Å². The first-order valence-corrected chi connectivity index (χ1v) is 3.32. The molecule has 3 heteroatoms. The first-order chi connectivity index (χ1) is 5.11. The van der Waals surface area contributed by atoms with Gasteiger partial charge in [-0.25, -0.2) is 0 Å². The second-order valence-corrected chi connectivity index (χ2v) is 2.42. The molecule has 11 heavy (non-hydrogen) atoms. The summed E-state index contributed by atoms with van der Waals surface area (Å²) in [6, 6.07) is 2.89. The minimum Gasteiger partial charge on any atom is -0.326 e. The second kappa shape index (κ2) is 2.70. The number of aromatic amines is 1. The number of aromatic nitrogens is 1. The Labute approximate surface area is 64.1 Å². The van der Waals surface area contributed by atoms with E-state index in [0.29, 0.717) is 11.3 Å². The molecule has 0 aliphatic rings. The summed E-state index contributed by atoms with van der Waals surface area (Å²) in [7, 11) is 0. The van der Waals surface area contributed by atoms with E-state index in [1.165, 1.54) is 19.1 Å². The molecule has 0 aromatic carbocycles. The van der Waals surface area contributed by atoms with Crippen LogP contribution < -0.4 is 5.56 Å². The molecule has 0 saturated carbocycles. The highest BCUT2D eigenvalue weighted by Crippen LogP contribution is 2.01. The Morgan fingerprint density at radius 1 is 1.45 bits per heavy atom. The molecule has 0 saturated heterocycles. The monoisotopic (exact) mass is 151 g/mol. The Kier molecular flexibility index (Phi) is 1.89. The van der Waals surface area contributed by atoms with Crippen LogP contribution in [0, 0.1) is 6.92 Å². The van der Waals surface area contributed by atoms with Crippen molar-refractivity contribution >= 4 is 5.78 Å². The third kappa shape index (κ3) is 1.55. The third-order valence-corrected chi connectivity index (χ3v) is 1.50. The van der Waals surface area contributed by atoms with Crippen molar-refractivity contribution in [2.45, 2.75) is 13.8 Å². The third-order valence-electron chi connectivity index (χ3n) is 1.50. The van der Waals surface area contributed by atoms with Gasteiger partial charge in [0.05, 0.1) is 0 Å². The van der Waals surface area contributed by atoms with Gasteiger partial charge in [0.2, 0.25) is 5.56 Å². The highest BCUT2D eigenvalue weighted by molar-refractivity contribution is 5.94. The summed E-state index contributed by atoms with van der Waals surface area (Å²) in [5.41, 5.74) is 1.03. The van der Waals surface area contributed by atoms with Gasteiger partial charge in [0.25, 0.3) is 0 Å². The molecule has 1 N–H and O–H groups in total. The van der Waals surface area contributed by atoms with Gasteiger partial charge >= 0.3 is 0 Å². The molecule has 0 aliphatic heterocycles. The van der Waals surface area contributed by atoms with Crippen molar-refractivity contribution in [2.75, 3.05) is 0 Å². The minimum absolute atomic E-state index is 0.0289. The molecule has 58 valence electrons. The van der Waals surface area contributed by atoms with Gasteiger partial charge in [-0.15, -0.1) is 0 Å². The van der Waals surface area contributed by atoms with Crippen LogP contribution in [0.5, 0.6) is 0 Å². The highest BCUT2D eigenvalue weighted by Gasteiger charge is 2.02. The van der Waals surface area contributed by atoms with Crippen LogP contribution >= 0.6 is 0 Å². The Bertz CT molecular complexity index is 338. The van der Waals surface area contributed by atoms with Crippen LogP contribution in [0.1, 0.15) is 23.0 Å². The minimum atomic E-state index is -0.174. The average molecular weight is 151 g/mol. The smallest absolute Gasteiger partial charge is 0.248 e. The molecular formula is C8H9NO2. The Morgan fingerprint density at radius 3 is 2.55 bits per heavy atom. The molecule has 0 aliphatic carbocycles. The van der Waals surface area contributed by atoms with E-state index in [1.54, 1.807) is 6.92 Å². The van der Waals surface area contributed by atoms with Crippen molar-refractivity contribution in [3.05, 3.63) is 33.7 Å². The lowest BCUT2D eigenvalue weighted by Gasteiger charge is -1.98. The van der Waals surface area contributed by atoms with Gasteiger partial charge < -0.3 is 4.98 Å². The molecular weight excluding hydrogens is 142 g/mol. The summed E-state index contributed by atoms with van der Waals surface area (Å²) in [6.07, 6.45) is 0. The Hall–Kier alpha value is -1.38.